The summed E-state index contributed by atoms with van der Waals surface area (Å²) < 4.78 is 18.5. The number of aromatic amines is 1. The van der Waals surface area contributed by atoms with Gasteiger partial charge in [-0.25, -0.2) is 4.39 Å². The number of amides is 2. The molecule has 3 aromatic rings. The van der Waals surface area contributed by atoms with Crippen LogP contribution in [0.5, 0.6) is 5.75 Å². The molecule has 2 heterocycles. The van der Waals surface area contributed by atoms with Crippen molar-refractivity contribution < 1.29 is 18.7 Å². The lowest BCUT2D eigenvalue weighted by atomic mass is 9.92. The summed E-state index contributed by atoms with van der Waals surface area (Å²) >= 11 is 0. The van der Waals surface area contributed by atoms with Gasteiger partial charge in [-0.15, -0.1) is 0 Å². The first-order valence-electron chi connectivity index (χ1n) is 9.93. The van der Waals surface area contributed by atoms with Crippen molar-refractivity contribution in [1.82, 2.24) is 9.97 Å². The number of ether oxygens (including phenoxy) is 1. The van der Waals surface area contributed by atoms with Crippen LogP contribution in [0.1, 0.15) is 24.8 Å². The Balaban J connectivity index is 1.57. The molecule has 1 atom stereocenters. The summed E-state index contributed by atoms with van der Waals surface area (Å²) in [7, 11) is 0. The van der Waals surface area contributed by atoms with Crippen LogP contribution in [0.15, 0.2) is 53.3 Å². The van der Waals surface area contributed by atoms with Crippen molar-refractivity contribution in [2.24, 2.45) is 0 Å². The number of hydrogen-bond acceptors (Lipinski definition) is 6. The van der Waals surface area contributed by atoms with E-state index in [0.717, 1.165) is 0 Å². The predicted molar refractivity (Wildman–Crippen MR) is 117 cm³/mol. The average Bonchev–Trinajstić information content (AvgIpc) is 2.76. The molecule has 0 radical (unpaired) electrons. The van der Waals surface area contributed by atoms with Crippen LogP contribution < -0.4 is 26.2 Å². The number of benzene rings is 2. The molecule has 0 spiro atoms. The normalized spacial score (nSPS) is 14.8. The third kappa shape index (κ3) is 4.59. The largest absolute Gasteiger partial charge is 0.494 e. The molecule has 1 aliphatic rings. The van der Waals surface area contributed by atoms with E-state index in [-0.39, 0.29) is 23.8 Å². The lowest BCUT2D eigenvalue weighted by Crippen LogP contribution is -2.36. The van der Waals surface area contributed by atoms with E-state index in [1.807, 2.05) is 6.92 Å². The van der Waals surface area contributed by atoms with Crippen LogP contribution in [0.3, 0.4) is 0 Å². The first-order valence-corrected chi connectivity index (χ1v) is 9.93. The highest BCUT2D eigenvalue weighted by atomic mass is 19.1. The first kappa shape index (κ1) is 21.0. The quantitative estimate of drug-likeness (QED) is 0.470. The van der Waals surface area contributed by atoms with E-state index in [2.05, 4.69) is 25.9 Å². The molecule has 1 aromatic heterocycles. The topological polar surface area (TPSA) is 125 Å². The van der Waals surface area contributed by atoms with Gasteiger partial charge >= 0.3 is 0 Å². The first-order chi connectivity index (χ1) is 15.4. The fourth-order valence-corrected chi connectivity index (χ4v) is 3.35. The van der Waals surface area contributed by atoms with Gasteiger partial charge in [0.05, 0.1) is 18.1 Å². The van der Waals surface area contributed by atoms with E-state index in [0.29, 0.717) is 23.7 Å². The zero-order valence-corrected chi connectivity index (χ0v) is 17.1. The van der Waals surface area contributed by atoms with Gasteiger partial charge in [0.1, 0.15) is 17.4 Å². The van der Waals surface area contributed by atoms with Gasteiger partial charge in [0.15, 0.2) is 0 Å². The Kier molecular flexibility index (Phi) is 5.84. The molecule has 0 fully saturated rings. The Morgan fingerprint density at radius 1 is 1.12 bits per heavy atom. The van der Waals surface area contributed by atoms with Crippen molar-refractivity contribution in [3.05, 3.63) is 70.3 Å². The van der Waals surface area contributed by atoms with Gasteiger partial charge in [-0.3, -0.25) is 19.4 Å². The molecule has 0 saturated carbocycles. The van der Waals surface area contributed by atoms with Gasteiger partial charge < -0.3 is 20.7 Å². The molecule has 0 unspecified atom stereocenters. The average molecular weight is 437 g/mol. The monoisotopic (exact) mass is 437 g/mol. The maximum Gasteiger partial charge on any atom is 0.258 e. The van der Waals surface area contributed by atoms with Crippen molar-refractivity contribution in [2.45, 2.75) is 19.3 Å². The number of carbonyl (C=O) groups excluding carboxylic acids is 2. The molecule has 32 heavy (non-hydrogen) atoms. The standard InChI is InChI=1S/C22H20FN5O4/c1-2-32-15-9-7-13(8-10-15)24-20(30)16-11-17(29)26-19-18(16)21(31)28-22(27-19)25-14-5-3-12(23)4-6-14/h3-10,16H,2,11H2,1H3,(H,24,30)(H3,25,26,27,28,29,31)/t16-/m0/s1. The second-order valence-corrected chi connectivity index (χ2v) is 7.06. The number of hydrogen-bond donors (Lipinski definition) is 4. The van der Waals surface area contributed by atoms with Gasteiger partial charge in [0.25, 0.3) is 5.56 Å². The fourth-order valence-electron chi connectivity index (χ4n) is 3.35. The van der Waals surface area contributed by atoms with E-state index in [4.69, 9.17) is 4.74 Å². The van der Waals surface area contributed by atoms with Gasteiger partial charge in [0, 0.05) is 17.8 Å². The molecule has 0 saturated heterocycles. The minimum atomic E-state index is -1.01. The number of H-pyrrole nitrogens is 1. The minimum Gasteiger partial charge on any atom is -0.494 e. The van der Waals surface area contributed by atoms with Crippen LogP contribution in [0.4, 0.5) is 27.5 Å². The number of fused-ring (bicyclic) bond motifs is 1. The summed E-state index contributed by atoms with van der Waals surface area (Å²) in [6, 6.07) is 12.2. The smallest absolute Gasteiger partial charge is 0.258 e. The van der Waals surface area contributed by atoms with Crippen LogP contribution in [-0.2, 0) is 9.59 Å². The predicted octanol–water partition coefficient (Wildman–Crippen LogP) is 3.12. The van der Waals surface area contributed by atoms with Crippen molar-refractivity contribution in [1.29, 1.82) is 0 Å². The lowest BCUT2D eigenvalue weighted by Gasteiger charge is -2.23. The third-order valence-corrected chi connectivity index (χ3v) is 4.81. The summed E-state index contributed by atoms with van der Waals surface area (Å²) in [4.78, 5) is 44.7. The molecule has 0 aliphatic carbocycles. The van der Waals surface area contributed by atoms with Gasteiger partial charge in [0.2, 0.25) is 17.8 Å². The number of nitrogens with one attached hydrogen (secondary N) is 4. The molecule has 164 valence electrons. The zero-order valence-electron chi connectivity index (χ0n) is 17.1. The summed E-state index contributed by atoms with van der Waals surface area (Å²) in [5.41, 5.74) is 0.496. The summed E-state index contributed by atoms with van der Waals surface area (Å²) in [6.45, 7) is 2.39. The zero-order chi connectivity index (χ0) is 22.7. The summed E-state index contributed by atoms with van der Waals surface area (Å²) in [5, 5.41) is 8.10. The number of nitrogens with zero attached hydrogens (tertiary/aromatic N) is 1. The molecule has 4 rings (SSSR count). The Bertz CT molecular complexity index is 1210. The molecule has 2 amide bonds. The minimum absolute atomic E-state index is 0.00135. The maximum atomic E-state index is 13.1. The van der Waals surface area contributed by atoms with Crippen molar-refractivity contribution in [3.63, 3.8) is 0 Å². The van der Waals surface area contributed by atoms with Gasteiger partial charge in [-0.05, 0) is 55.5 Å². The van der Waals surface area contributed by atoms with E-state index in [9.17, 15) is 18.8 Å². The highest BCUT2D eigenvalue weighted by Gasteiger charge is 2.34. The van der Waals surface area contributed by atoms with Crippen molar-refractivity contribution in [2.75, 3.05) is 22.6 Å². The van der Waals surface area contributed by atoms with E-state index in [1.165, 1.54) is 24.3 Å². The molecular weight excluding hydrogens is 417 g/mol. The number of rotatable bonds is 6. The fraction of sp³-hybridized carbons (Fsp3) is 0.182. The van der Waals surface area contributed by atoms with E-state index >= 15 is 0 Å². The van der Waals surface area contributed by atoms with E-state index < -0.39 is 29.1 Å². The molecule has 4 N–H and O–H groups in total. The molecular formula is C22H20FN5O4. The number of halogens is 1. The Hall–Kier alpha value is -4.21. The highest BCUT2D eigenvalue weighted by molar-refractivity contribution is 6.04. The van der Waals surface area contributed by atoms with Crippen molar-refractivity contribution in [3.8, 4) is 5.75 Å². The maximum absolute atomic E-state index is 13.1. The van der Waals surface area contributed by atoms with Crippen LogP contribution in [-0.4, -0.2) is 28.4 Å². The number of carbonyl (C=O) groups is 2. The summed E-state index contributed by atoms with van der Waals surface area (Å²) in [6.07, 6.45) is -0.189. The number of anilines is 4. The van der Waals surface area contributed by atoms with Crippen LogP contribution in [0.25, 0.3) is 0 Å². The van der Waals surface area contributed by atoms with Crippen LogP contribution >= 0.6 is 0 Å². The Morgan fingerprint density at radius 3 is 2.50 bits per heavy atom. The molecule has 2 aromatic carbocycles. The summed E-state index contributed by atoms with van der Waals surface area (Å²) in [5.74, 6) is -1.64. The second-order valence-electron chi connectivity index (χ2n) is 7.06. The third-order valence-electron chi connectivity index (χ3n) is 4.81. The van der Waals surface area contributed by atoms with Gasteiger partial charge in [-0.2, -0.15) is 4.98 Å². The Labute approximate surface area is 182 Å². The van der Waals surface area contributed by atoms with Crippen LogP contribution in [0, 0.1) is 5.82 Å². The second kappa shape index (κ2) is 8.88. The molecule has 0 bridgehead atoms. The highest BCUT2D eigenvalue weighted by Crippen LogP contribution is 2.30. The molecule has 9 nitrogen and oxygen atoms in total. The molecule has 1 aliphatic heterocycles. The lowest BCUT2D eigenvalue weighted by molar-refractivity contribution is -0.123. The van der Waals surface area contributed by atoms with E-state index in [1.54, 1.807) is 24.3 Å². The molecule has 10 heteroatoms. The van der Waals surface area contributed by atoms with Crippen molar-refractivity contribution >= 4 is 35.0 Å². The van der Waals surface area contributed by atoms with Crippen LogP contribution in [0.2, 0.25) is 0 Å². The number of aromatic nitrogens is 2. The Morgan fingerprint density at radius 2 is 1.81 bits per heavy atom. The van der Waals surface area contributed by atoms with Gasteiger partial charge in [-0.1, -0.05) is 0 Å². The SMILES string of the molecule is CCOc1ccc(NC(=O)[C@H]2CC(=O)Nc3nc(Nc4ccc(F)cc4)[nH]c(=O)c32)cc1.